The molecule has 0 saturated carbocycles. The third-order valence-corrected chi connectivity index (χ3v) is 1.29. The molecule has 1 heterocycles. The van der Waals surface area contributed by atoms with Crippen molar-refractivity contribution in [1.82, 2.24) is 9.78 Å². The van der Waals surface area contributed by atoms with E-state index < -0.39 is 11.1 Å². The van der Waals surface area contributed by atoms with Crippen LogP contribution in [0.5, 0.6) is 0 Å². The van der Waals surface area contributed by atoms with Gasteiger partial charge < -0.3 is 4.55 Å². The molecule has 1 aromatic heterocycles. The van der Waals surface area contributed by atoms with Gasteiger partial charge in [-0.05, 0) is 6.07 Å². The summed E-state index contributed by atoms with van der Waals surface area (Å²) in [7, 11) is 0. The van der Waals surface area contributed by atoms with Gasteiger partial charge in [-0.1, -0.05) is 0 Å². The maximum Gasteiger partial charge on any atom is 0.175 e. The smallest absolute Gasteiger partial charge is 0.175 e. The van der Waals surface area contributed by atoms with Crippen LogP contribution in [0.25, 0.3) is 0 Å². The molecule has 0 radical (unpaired) electrons. The summed E-state index contributed by atoms with van der Waals surface area (Å²) in [5.74, 6) is 0.0486. The van der Waals surface area contributed by atoms with Crippen molar-refractivity contribution in [2.75, 3.05) is 0 Å². The highest BCUT2D eigenvalue weighted by molar-refractivity contribution is 7.78. The van der Waals surface area contributed by atoms with Crippen molar-refractivity contribution in [2.24, 2.45) is 0 Å². The lowest BCUT2D eigenvalue weighted by Gasteiger charge is -1.92. The molecule has 5 heteroatoms. The summed E-state index contributed by atoms with van der Waals surface area (Å²) in [5, 5.41) is 3.72. The molecule has 1 N–H and O–H groups in total. The normalized spacial score (nSPS) is 13.4. The molecular weight excluding hydrogens is 140 g/mol. The first-order chi connectivity index (χ1) is 4.29. The van der Waals surface area contributed by atoms with Gasteiger partial charge in [0, 0.05) is 12.4 Å². The lowest BCUT2D eigenvalue weighted by atomic mass is 10.8. The van der Waals surface area contributed by atoms with Crippen molar-refractivity contribution < 1.29 is 8.76 Å². The summed E-state index contributed by atoms with van der Waals surface area (Å²) < 4.78 is 19.9. The second-order valence-electron chi connectivity index (χ2n) is 1.50. The predicted molar refractivity (Wildman–Crippen MR) is 33.0 cm³/mol. The number of rotatable bonds is 2. The molecule has 0 aliphatic rings. The maximum atomic E-state index is 10.1. The average molecular weight is 146 g/mol. The lowest BCUT2D eigenvalue weighted by molar-refractivity contribution is 0.544. The highest BCUT2D eigenvalue weighted by Gasteiger charge is 1.92. The predicted octanol–water partition coefficient (Wildman–Crippen LogP) is 0.0623. The standard InChI is InChI=1S/C4H6N2O2S/c7-9(8)4-6-3-1-2-5-6/h1-3H,4H2,(H,7,8). The van der Waals surface area contributed by atoms with Gasteiger partial charge in [0.1, 0.15) is 5.88 Å². The quantitative estimate of drug-likeness (QED) is 0.600. The molecule has 0 bridgehead atoms. The van der Waals surface area contributed by atoms with Crippen LogP contribution in [0.2, 0.25) is 0 Å². The van der Waals surface area contributed by atoms with Crippen LogP contribution in [0.4, 0.5) is 0 Å². The van der Waals surface area contributed by atoms with Gasteiger partial charge in [0.2, 0.25) is 0 Å². The van der Waals surface area contributed by atoms with E-state index in [4.69, 9.17) is 4.55 Å². The second-order valence-corrected chi connectivity index (χ2v) is 2.40. The minimum Gasteiger partial charge on any atom is -0.305 e. The van der Waals surface area contributed by atoms with Gasteiger partial charge >= 0.3 is 0 Å². The Morgan fingerprint density at radius 3 is 3.00 bits per heavy atom. The van der Waals surface area contributed by atoms with Gasteiger partial charge in [-0.2, -0.15) is 5.10 Å². The Morgan fingerprint density at radius 1 is 1.78 bits per heavy atom. The molecule has 0 spiro atoms. The van der Waals surface area contributed by atoms with Gasteiger partial charge in [-0.3, -0.25) is 4.68 Å². The Kier molecular flexibility index (Phi) is 1.96. The highest BCUT2D eigenvalue weighted by atomic mass is 32.2. The van der Waals surface area contributed by atoms with Crippen LogP contribution < -0.4 is 0 Å². The topological polar surface area (TPSA) is 55.1 Å². The van der Waals surface area contributed by atoms with E-state index in [1.807, 2.05) is 0 Å². The molecule has 4 nitrogen and oxygen atoms in total. The van der Waals surface area contributed by atoms with Crippen LogP contribution in [0.15, 0.2) is 18.5 Å². The third kappa shape index (κ3) is 1.95. The van der Waals surface area contributed by atoms with Crippen LogP contribution in [-0.2, 0) is 17.0 Å². The summed E-state index contributed by atoms with van der Waals surface area (Å²) in [6.45, 7) is 0. The molecule has 50 valence electrons. The third-order valence-electron chi connectivity index (χ3n) is 0.802. The van der Waals surface area contributed by atoms with E-state index in [1.54, 1.807) is 18.5 Å². The van der Waals surface area contributed by atoms with Gasteiger partial charge in [0.05, 0.1) is 0 Å². The van der Waals surface area contributed by atoms with Crippen molar-refractivity contribution in [3.05, 3.63) is 18.5 Å². The number of hydrogen-bond donors (Lipinski definition) is 1. The van der Waals surface area contributed by atoms with Crippen molar-refractivity contribution in [3.63, 3.8) is 0 Å². The van der Waals surface area contributed by atoms with Crippen LogP contribution in [0, 0.1) is 0 Å². The van der Waals surface area contributed by atoms with Crippen LogP contribution in [-0.4, -0.2) is 18.5 Å². The summed E-state index contributed by atoms with van der Waals surface area (Å²) in [4.78, 5) is 0. The van der Waals surface area contributed by atoms with Crippen LogP contribution >= 0.6 is 0 Å². The fourth-order valence-electron chi connectivity index (χ4n) is 0.490. The molecule has 1 atom stereocenters. The Labute approximate surface area is 54.8 Å². The molecule has 0 amide bonds. The zero-order valence-electron chi connectivity index (χ0n) is 4.60. The van der Waals surface area contributed by atoms with Crippen molar-refractivity contribution in [2.45, 2.75) is 5.88 Å². The number of hydrogen-bond acceptors (Lipinski definition) is 2. The monoisotopic (exact) mass is 146 g/mol. The van der Waals surface area contributed by atoms with Crippen molar-refractivity contribution in [1.29, 1.82) is 0 Å². The Hall–Kier alpha value is -0.680. The molecule has 1 unspecified atom stereocenters. The summed E-state index contributed by atoms with van der Waals surface area (Å²) in [6.07, 6.45) is 3.20. The molecule has 0 aromatic carbocycles. The van der Waals surface area contributed by atoms with E-state index in [1.165, 1.54) is 4.68 Å². The summed E-state index contributed by atoms with van der Waals surface area (Å²) in [5.41, 5.74) is 0. The summed E-state index contributed by atoms with van der Waals surface area (Å²) in [6, 6.07) is 1.70. The van der Waals surface area contributed by atoms with E-state index in [2.05, 4.69) is 5.10 Å². The van der Waals surface area contributed by atoms with Gasteiger partial charge in [0.15, 0.2) is 11.1 Å². The minimum absolute atomic E-state index is 0.0486. The van der Waals surface area contributed by atoms with Crippen LogP contribution in [0.3, 0.4) is 0 Å². The van der Waals surface area contributed by atoms with E-state index in [9.17, 15) is 4.21 Å². The lowest BCUT2D eigenvalue weighted by Crippen LogP contribution is -2.02. The molecule has 0 fully saturated rings. The van der Waals surface area contributed by atoms with Gasteiger partial charge in [0.25, 0.3) is 0 Å². The Morgan fingerprint density at radius 2 is 2.56 bits per heavy atom. The van der Waals surface area contributed by atoms with Gasteiger partial charge in [-0.25, -0.2) is 4.21 Å². The molecule has 0 aliphatic carbocycles. The molecular formula is C4H6N2O2S. The Balaban J connectivity index is 2.58. The maximum absolute atomic E-state index is 10.1. The first-order valence-corrected chi connectivity index (χ1v) is 3.61. The van der Waals surface area contributed by atoms with Crippen LogP contribution in [0.1, 0.15) is 0 Å². The van der Waals surface area contributed by atoms with E-state index >= 15 is 0 Å². The average Bonchev–Trinajstić information content (AvgIpc) is 2.15. The van der Waals surface area contributed by atoms with Crippen molar-refractivity contribution in [3.8, 4) is 0 Å². The highest BCUT2D eigenvalue weighted by Crippen LogP contribution is 1.85. The SMILES string of the molecule is O=S(O)Cn1cccn1. The van der Waals surface area contributed by atoms with Gasteiger partial charge in [-0.15, -0.1) is 0 Å². The largest absolute Gasteiger partial charge is 0.305 e. The molecule has 9 heavy (non-hydrogen) atoms. The zero-order chi connectivity index (χ0) is 6.69. The molecule has 1 rings (SSSR count). The molecule has 1 aromatic rings. The minimum atomic E-state index is -1.79. The second kappa shape index (κ2) is 2.75. The first kappa shape index (κ1) is 6.44. The van der Waals surface area contributed by atoms with E-state index in [-0.39, 0.29) is 5.88 Å². The van der Waals surface area contributed by atoms with Crippen molar-refractivity contribution >= 4 is 11.1 Å². The van der Waals surface area contributed by atoms with E-state index in [0.717, 1.165) is 0 Å². The zero-order valence-corrected chi connectivity index (χ0v) is 5.41. The fourth-order valence-corrected chi connectivity index (χ4v) is 0.869. The molecule has 0 saturated heterocycles. The fraction of sp³-hybridized carbons (Fsp3) is 0.250. The van der Waals surface area contributed by atoms with E-state index in [0.29, 0.717) is 0 Å². The Bertz CT molecular complexity index is 196. The number of aromatic nitrogens is 2. The summed E-state index contributed by atoms with van der Waals surface area (Å²) >= 11 is -1.79. The molecule has 0 aliphatic heterocycles. The number of nitrogens with zero attached hydrogens (tertiary/aromatic N) is 2. The first-order valence-electron chi connectivity index (χ1n) is 2.34.